The Bertz CT molecular complexity index is 114. The molecule has 2 fully saturated rings. The zero-order valence-corrected chi connectivity index (χ0v) is 7.72. The van der Waals surface area contributed by atoms with E-state index in [1.165, 1.54) is 32.1 Å². The fourth-order valence-electron chi connectivity index (χ4n) is 1.30. The minimum atomic E-state index is 0.855. The van der Waals surface area contributed by atoms with E-state index in [1.807, 2.05) is 0 Å². The van der Waals surface area contributed by atoms with Crippen LogP contribution in [0.4, 0.5) is 0 Å². The second-order valence-electron chi connectivity index (χ2n) is 4.10. The van der Waals surface area contributed by atoms with Gasteiger partial charge in [0.25, 0.3) is 0 Å². The fraction of sp³-hybridized carbons (Fsp3) is 1.00. The van der Waals surface area contributed by atoms with Gasteiger partial charge in [0.05, 0.1) is 0 Å². The van der Waals surface area contributed by atoms with Gasteiger partial charge in [0.1, 0.15) is 0 Å². The zero-order valence-electron chi connectivity index (χ0n) is 7.72. The van der Waals surface area contributed by atoms with E-state index in [0.717, 1.165) is 31.7 Å². The van der Waals surface area contributed by atoms with Crippen LogP contribution < -0.4 is 5.32 Å². The van der Waals surface area contributed by atoms with Crippen LogP contribution in [0.2, 0.25) is 0 Å². The van der Waals surface area contributed by atoms with E-state index in [-0.39, 0.29) is 0 Å². The number of rotatable bonds is 7. The van der Waals surface area contributed by atoms with Crippen molar-refractivity contribution in [2.24, 2.45) is 5.92 Å². The van der Waals surface area contributed by atoms with Crippen LogP contribution in [0, 0.1) is 5.92 Å². The first-order chi connectivity index (χ1) is 5.95. The Morgan fingerprint density at radius 2 is 2.00 bits per heavy atom. The van der Waals surface area contributed by atoms with Crippen molar-refractivity contribution >= 4 is 0 Å². The van der Waals surface area contributed by atoms with Crippen molar-refractivity contribution in [3.8, 4) is 0 Å². The van der Waals surface area contributed by atoms with E-state index in [2.05, 4.69) is 5.32 Å². The summed E-state index contributed by atoms with van der Waals surface area (Å²) in [5, 5.41) is 3.48. The minimum Gasteiger partial charge on any atom is -0.381 e. The molecule has 0 saturated heterocycles. The van der Waals surface area contributed by atoms with E-state index in [0.29, 0.717) is 0 Å². The van der Waals surface area contributed by atoms with E-state index in [4.69, 9.17) is 4.74 Å². The lowest BCUT2D eigenvalue weighted by Gasteiger charge is -2.03. The van der Waals surface area contributed by atoms with Gasteiger partial charge in [0.2, 0.25) is 0 Å². The minimum absolute atomic E-state index is 0.855. The Morgan fingerprint density at radius 1 is 1.17 bits per heavy atom. The number of hydrogen-bond acceptors (Lipinski definition) is 2. The highest BCUT2D eigenvalue weighted by Gasteiger charge is 2.21. The SMILES string of the molecule is C(CNC1CC1)COCC1CC1. The molecule has 0 bridgehead atoms. The van der Waals surface area contributed by atoms with Gasteiger partial charge < -0.3 is 10.1 Å². The van der Waals surface area contributed by atoms with Crippen molar-refractivity contribution in [3.63, 3.8) is 0 Å². The Balaban J connectivity index is 1.31. The molecule has 2 saturated carbocycles. The summed E-state index contributed by atoms with van der Waals surface area (Å²) in [6, 6.07) is 0.855. The van der Waals surface area contributed by atoms with Crippen molar-refractivity contribution < 1.29 is 4.74 Å². The third-order valence-electron chi connectivity index (χ3n) is 2.53. The van der Waals surface area contributed by atoms with Crippen LogP contribution in [0.5, 0.6) is 0 Å². The topological polar surface area (TPSA) is 21.3 Å². The molecule has 70 valence electrons. The summed E-state index contributed by atoms with van der Waals surface area (Å²) in [6.07, 6.45) is 6.77. The molecule has 0 amide bonds. The maximum Gasteiger partial charge on any atom is 0.0494 e. The maximum atomic E-state index is 5.52. The Labute approximate surface area is 74.7 Å². The predicted octanol–water partition coefficient (Wildman–Crippen LogP) is 1.56. The molecule has 2 rings (SSSR count). The lowest BCUT2D eigenvalue weighted by atomic mass is 10.4. The van der Waals surface area contributed by atoms with Crippen molar-refractivity contribution in [3.05, 3.63) is 0 Å². The van der Waals surface area contributed by atoms with Gasteiger partial charge in [0, 0.05) is 19.3 Å². The van der Waals surface area contributed by atoms with Gasteiger partial charge in [-0.25, -0.2) is 0 Å². The van der Waals surface area contributed by atoms with Crippen LogP contribution in [0.25, 0.3) is 0 Å². The predicted molar refractivity (Wildman–Crippen MR) is 49.2 cm³/mol. The van der Waals surface area contributed by atoms with Crippen LogP contribution in [-0.4, -0.2) is 25.8 Å². The fourth-order valence-corrected chi connectivity index (χ4v) is 1.30. The van der Waals surface area contributed by atoms with Crippen LogP contribution in [-0.2, 0) is 4.74 Å². The average molecular weight is 169 g/mol. The molecule has 2 aliphatic rings. The maximum absolute atomic E-state index is 5.52. The molecule has 0 atom stereocenters. The van der Waals surface area contributed by atoms with Gasteiger partial charge in [-0.1, -0.05) is 0 Å². The summed E-state index contributed by atoms with van der Waals surface area (Å²) in [6.45, 7) is 3.12. The lowest BCUT2D eigenvalue weighted by Crippen LogP contribution is -2.18. The average Bonchev–Trinajstić information content (AvgIpc) is 2.89. The summed E-state index contributed by atoms with van der Waals surface area (Å²) in [5.74, 6) is 0.918. The van der Waals surface area contributed by atoms with Crippen molar-refractivity contribution in [1.82, 2.24) is 5.32 Å². The largest absolute Gasteiger partial charge is 0.381 e. The van der Waals surface area contributed by atoms with Gasteiger partial charge in [-0.3, -0.25) is 0 Å². The monoisotopic (exact) mass is 169 g/mol. The molecular weight excluding hydrogens is 150 g/mol. The summed E-state index contributed by atoms with van der Waals surface area (Å²) in [7, 11) is 0. The van der Waals surface area contributed by atoms with Crippen molar-refractivity contribution in [2.75, 3.05) is 19.8 Å². The van der Waals surface area contributed by atoms with E-state index in [1.54, 1.807) is 0 Å². The summed E-state index contributed by atoms with van der Waals surface area (Å²) < 4.78 is 5.52. The summed E-state index contributed by atoms with van der Waals surface area (Å²) in [4.78, 5) is 0. The van der Waals surface area contributed by atoms with Crippen LogP contribution in [0.15, 0.2) is 0 Å². The molecule has 2 nitrogen and oxygen atoms in total. The highest BCUT2D eigenvalue weighted by Crippen LogP contribution is 2.28. The highest BCUT2D eigenvalue weighted by molar-refractivity contribution is 4.80. The van der Waals surface area contributed by atoms with Gasteiger partial charge in [-0.2, -0.15) is 0 Å². The summed E-state index contributed by atoms with van der Waals surface area (Å²) >= 11 is 0. The molecule has 0 spiro atoms. The highest BCUT2D eigenvalue weighted by atomic mass is 16.5. The molecular formula is C10H19NO. The summed E-state index contributed by atoms with van der Waals surface area (Å²) in [5.41, 5.74) is 0. The third kappa shape index (κ3) is 3.55. The smallest absolute Gasteiger partial charge is 0.0494 e. The van der Waals surface area contributed by atoms with Crippen LogP contribution in [0.1, 0.15) is 32.1 Å². The first-order valence-electron chi connectivity index (χ1n) is 5.26. The van der Waals surface area contributed by atoms with Crippen LogP contribution >= 0.6 is 0 Å². The first kappa shape index (κ1) is 8.52. The molecule has 0 aromatic heterocycles. The molecule has 0 aromatic carbocycles. The molecule has 2 aliphatic carbocycles. The Morgan fingerprint density at radius 3 is 2.67 bits per heavy atom. The molecule has 0 aliphatic heterocycles. The molecule has 0 radical (unpaired) electrons. The van der Waals surface area contributed by atoms with Crippen molar-refractivity contribution in [1.29, 1.82) is 0 Å². The third-order valence-corrected chi connectivity index (χ3v) is 2.53. The Kier molecular flexibility index (Phi) is 3.01. The van der Waals surface area contributed by atoms with Gasteiger partial charge in [-0.15, -0.1) is 0 Å². The van der Waals surface area contributed by atoms with Gasteiger partial charge in [-0.05, 0) is 44.6 Å². The number of nitrogens with one attached hydrogen (secondary N) is 1. The number of hydrogen-bond donors (Lipinski definition) is 1. The molecule has 0 unspecified atom stereocenters. The van der Waals surface area contributed by atoms with E-state index >= 15 is 0 Å². The molecule has 0 aromatic rings. The van der Waals surface area contributed by atoms with E-state index in [9.17, 15) is 0 Å². The molecule has 12 heavy (non-hydrogen) atoms. The number of ether oxygens (including phenoxy) is 1. The molecule has 1 N–H and O–H groups in total. The van der Waals surface area contributed by atoms with Crippen molar-refractivity contribution in [2.45, 2.75) is 38.1 Å². The molecule has 2 heteroatoms. The standard InChI is InChI=1S/C10H19NO/c1(6-11-10-4-5-10)7-12-8-9-2-3-9/h9-11H,1-8H2. The second-order valence-corrected chi connectivity index (χ2v) is 4.10. The van der Waals surface area contributed by atoms with E-state index < -0.39 is 0 Å². The normalized spacial score (nSPS) is 23.0. The van der Waals surface area contributed by atoms with Crippen LogP contribution in [0.3, 0.4) is 0 Å². The lowest BCUT2D eigenvalue weighted by molar-refractivity contribution is 0.122. The Hall–Kier alpha value is -0.0800. The van der Waals surface area contributed by atoms with Gasteiger partial charge >= 0.3 is 0 Å². The quantitative estimate of drug-likeness (QED) is 0.584. The zero-order chi connectivity index (χ0) is 8.23. The van der Waals surface area contributed by atoms with Gasteiger partial charge in [0.15, 0.2) is 0 Å². The first-order valence-corrected chi connectivity index (χ1v) is 5.26. The molecule has 0 heterocycles. The second kappa shape index (κ2) is 4.24.